The van der Waals surface area contributed by atoms with Crippen LogP contribution in [0.5, 0.6) is 0 Å². The molecule has 0 radical (unpaired) electrons. The molecule has 0 aliphatic carbocycles. The third-order valence-corrected chi connectivity index (χ3v) is 4.12. The Bertz CT molecular complexity index is 748. The first-order chi connectivity index (χ1) is 12.0. The molecule has 8 nitrogen and oxygen atoms in total. The highest BCUT2D eigenvalue weighted by Gasteiger charge is 2.22. The Labute approximate surface area is 145 Å². The van der Waals surface area contributed by atoms with E-state index < -0.39 is 6.03 Å². The zero-order valence-corrected chi connectivity index (χ0v) is 14.1. The molecule has 132 valence electrons. The van der Waals surface area contributed by atoms with E-state index in [1.54, 1.807) is 24.3 Å². The Balaban J connectivity index is 1.53. The number of rotatable bonds is 4. The first-order valence-electron chi connectivity index (χ1n) is 8.11. The lowest BCUT2D eigenvalue weighted by molar-refractivity contribution is 0.0617. The van der Waals surface area contributed by atoms with Crippen molar-refractivity contribution in [2.75, 3.05) is 31.5 Å². The number of nitrogens with two attached hydrogens (primary N) is 1. The molecule has 1 aromatic heterocycles. The van der Waals surface area contributed by atoms with Gasteiger partial charge in [-0.3, -0.25) is 9.69 Å². The van der Waals surface area contributed by atoms with Gasteiger partial charge >= 0.3 is 6.03 Å². The first-order valence-corrected chi connectivity index (χ1v) is 8.11. The Morgan fingerprint density at radius 2 is 1.88 bits per heavy atom. The van der Waals surface area contributed by atoms with Crippen LogP contribution in [0, 0.1) is 6.92 Å². The molecule has 1 aliphatic rings. The highest BCUT2D eigenvalue weighted by molar-refractivity contribution is 5.95. The minimum atomic E-state index is -0.628. The summed E-state index contributed by atoms with van der Waals surface area (Å²) in [6, 6.07) is 8.02. The molecule has 3 amide bonds. The number of hydrogen-bond donors (Lipinski definition) is 2. The van der Waals surface area contributed by atoms with Gasteiger partial charge in [-0.25, -0.2) is 4.79 Å². The van der Waals surface area contributed by atoms with E-state index in [0.29, 0.717) is 30.9 Å². The fraction of sp³-hybridized carbons (Fsp3) is 0.353. The van der Waals surface area contributed by atoms with Gasteiger partial charge < -0.3 is 20.5 Å². The molecule has 0 bridgehead atoms. The van der Waals surface area contributed by atoms with Crippen molar-refractivity contribution >= 4 is 17.6 Å². The quantitative estimate of drug-likeness (QED) is 0.874. The van der Waals surface area contributed by atoms with Gasteiger partial charge in [-0.2, -0.15) is 0 Å². The first kappa shape index (κ1) is 17.0. The van der Waals surface area contributed by atoms with Gasteiger partial charge in [0, 0.05) is 43.5 Å². The average molecular weight is 343 g/mol. The summed E-state index contributed by atoms with van der Waals surface area (Å²) in [7, 11) is 0. The summed E-state index contributed by atoms with van der Waals surface area (Å²) in [5.74, 6) is 0.829. The molecular formula is C17H21N5O3. The lowest BCUT2D eigenvalue weighted by Crippen LogP contribution is -2.48. The zero-order valence-electron chi connectivity index (χ0n) is 14.1. The summed E-state index contributed by atoms with van der Waals surface area (Å²) < 4.78 is 5.24. The van der Waals surface area contributed by atoms with Crippen LogP contribution in [0.2, 0.25) is 0 Å². The van der Waals surface area contributed by atoms with Crippen molar-refractivity contribution in [2.24, 2.45) is 5.73 Å². The largest absolute Gasteiger partial charge is 0.360 e. The zero-order chi connectivity index (χ0) is 17.8. The van der Waals surface area contributed by atoms with Crippen LogP contribution in [0.3, 0.4) is 0 Å². The Morgan fingerprint density at radius 1 is 1.20 bits per heavy atom. The molecule has 2 heterocycles. The van der Waals surface area contributed by atoms with Crippen LogP contribution in [0.1, 0.15) is 21.8 Å². The summed E-state index contributed by atoms with van der Waals surface area (Å²) in [5.41, 5.74) is 7.10. The van der Waals surface area contributed by atoms with E-state index in [2.05, 4.69) is 15.4 Å². The number of primary amides is 1. The molecule has 3 N–H and O–H groups in total. The molecule has 2 aromatic rings. The predicted molar refractivity (Wildman–Crippen MR) is 92.1 cm³/mol. The van der Waals surface area contributed by atoms with Crippen molar-refractivity contribution in [3.8, 4) is 0 Å². The molecule has 0 saturated carbocycles. The minimum Gasteiger partial charge on any atom is -0.360 e. The topological polar surface area (TPSA) is 105 Å². The summed E-state index contributed by atoms with van der Waals surface area (Å²) in [6.07, 6.45) is 0. The summed E-state index contributed by atoms with van der Waals surface area (Å²) in [6.45, 7) is 5.49. The third kappa shape index (κ3) is 4.36. The number of nitrogens with zero attached hydrogens (tertiary/aromatic N) is 3. The number of benzene rings is 1. The number of aromatic nitrogens is 1. The molecule has 1 fully saturated rings. The van der Waals surface area contributed by atoms with Crippen molar-refractivity contribution in [1.82, 2.24) is 15.0 Å². The van der Waals surface area contributed by atoms with Gasteiger partial charge in [0.2, 0.25) is 0 Å². The number of aryl methyl sites for hydroxylation is 1. The summed E-state index contributed by atoms with van der Waals surface area (Å²) >= 11 is 0. The monoisotopic (exact) mass is 343 g/mol. The molecule has 25 heavy (non-hydrogen) atoms. The molecule has 0 spiro atoms. The number of piperazine rings is 1. The van der Waals surface area contributed by atoms with Gasteiger partial charge in [0.1, 0.15) is 0 Å². The number of anilines is 1. The molecule has 0 atom stereocenters. The van der Waals surface area contributed by atoms with Crippen LogP contribution in [-0.4, -0.2) is 53.1 Å². The van der Waals surface area contributed by atoms with Crippen LogP contribution in [0.15, 0.2) is 34.9 Å². The minimum absolute atomic E-state index is 0.0132. The van der Waals surface area contributed by atoms with Crippen LogP contribution >= 0.6 is 0 Å². The van der Waals surface area contributed by atoms with Crippen molar-refractivity contribution in [3.63, 3.8) is 0 Å². The van der Waals surface area contributed by atoms with Gasteiger partial charge in [-0.05, 0) is 31.2 Å². The van der Waals surface area contributed by atoms with Crippen molar-refractivity contribution in [3.05, 3.63) is 47.3 Å². The molecular weight excluding hydrogens is 322 g/mol. The van der Waals surface area contributed by atoms with Crippen molar-refractivity contribution in [2.45, 2.75) is 13.5 Å². The normalized spacial score (nSPS) is 15.2. The molecule has 3 rings (SSSR count). The summed E-state index contributed by atoms with van der Waals surface area (Å²) in [5, 5.41) is 6.36. The van der Waals surface area contributed by atoms with E-state index in [-0.39, 0.29) is 5.91 Å². The van der Waals surface area contributed by atoms with E-state index in [1.807, 2.05) is 17.9 Å². The SMILES string of the molecule is Cc1cc(CN2CCN(C(=O)c3ccc(NC(N)=O)cc3)CC2)on1. The second-order valence-electron chi connectivity index (χ2n) is 6.07. The van der Waals surface area contributed by atoms with E-state index in [9.17, 15) is 9.59 Å². The van der Waals surface area contributed by atoms with Crippen LogP contribution < -0.4 is 11.1 Å². The maximum atomic E-state index is 12.6. The van der Waals surface area contributed by atoms with E-state index >= 15 is 0 Å². The molecule has 0 unspecified atom stereocenters. The maximum Gasteiger partial charge on any atom is 0.316 e. The van der Waals surface area contributed by atoms with Crippen molar-refractivity contribution < 1.29 is 14.1 Å². The molecule has 1 aliphatic heterocycles. The fourth-order valence-corrected chi connectivity index (χ4v) is 2.84. The Hall–Kier alpha value is -2.87. The summed E-state index contributed by atoms with van der Waals surface area (Å²) in [4.78, 5) is 27.5. The van der Waals surface area contributed by atoms with Gasteiger partial charge in [-0.1, -0.05) is 5.16 Å². The standard InChI is InChI=1S/C17H21N5O3/c1-12-10-15(25-20-12)11-21-6-8-22(9-7-21)16(23)13-2-4-14(5-3-13)19-17(18)24/h2-5,10H,6-9,11H2,1H3,(H3,18,19,24). The highest BCUT2D eigenvalue weighted by atomic mass is 16.5. The third-order valence-electron chi connectivity index (χ3n) is 4.12. The molecule has 1 saturated heterocycles. The Kier molecular flexibility index (Phi) is 4.99. The van der Waals surface area contributed by atoms with E-state index in [4.69, 9.17) is 10.3 Å². The number of carbonyl (C=O) groups is 2. The van der Waals surface area contributed by atoms with Gasteiger partial charge in [0.25, 0.3) is 5.91 Å². The van der Waals surface area contributed by atoms with Crippen LogP contribution in [0.25, 0.3) is 0 Å². The second kappa shape index (κ2) is 7.35. The van der Waals surface area contributed by atoms with E-state index in [1.165, 1.54) is 0 Å². The molecule has 1 aromatic carbocycles. The number of hydrogen-bond acceptors (Lipinski definition) is 5. The van der Waals surface area contributed by atoms with Gasteiger partial charge in [0.05, 0.1) is 12.2 Å². The van der Waals surface area contributed by atoms with Gasteiger partial charge in [0.15, 0.2) is 5.76 Å². The van der Waals surface area contributed by atoms with E-state index in [0.717, 1.165) is 24.5 Å². The lowest BCUT2D eigenvalue weighted by atomic mass is 10.1. The maximum absolute atomic E-state index is 12.6. The lowest BCUT2D eigenvalue weighted by Gasteiger charge is -2.34. The number of amides is 3. The average Bonchev–Trinajstić information content (AvgIpc) is 3.00. The predicted octanol–water partition coefficient (Wildman–Crippen LogP) is 1.43. The second-order valence-corrected chi connectivity index (χ2v) is 6.07. The number of carbonyl (C=O) groups excluding carboxylic acids is 2. The number of nitrogens with one attached hydrogen (secondary N) is 1. The van der Waals surface area contributed by atoms with Crippen LogP contribution in [0.4, 0.5) is 10.5 Å². The fourth-order valence-electron chi connectivity index (χ4n) is 2.84. The van der Waals surface area contributed by atoms with Crippen molar-refractivity contribution in [1.29, 1.82) is 0 Å². The molecule has 8 heteroatoms. The van der Waals surface area contributed by atoms with Crippen LogP contribution in [-0.2, 0) is 6.54 Å². The number of urea groups is 1. The highest BCUT2D eigenvalue weighted by Crippen LogP contribution is 2.14. The smallest absolute Gasteiger partial charge is 0.316 e. The van der Waals surface area contributed by atoms with Gasteiger partial charge in [-0.15, -0.1) is 0 Å². The Morgan fingerprint density at radius 3 is 2.44 bits per heavy atom.